The molecule has 7 aromatic rings. The van der Waals surface area contributed by atoms with Crippen molar-refractivity contribution in [3.63, 3.8) is 0 Å². The van der Waals surface area contributed by atoms with Crippen LogP contribution in [0.4, 0.5) is 0 Å². The molecule has 0 fully saturated rings. The lowest BCUT2D eigenvalue weighted by Gasteiger charge is -2.12. The standard InChI is InChI=1S/C31H20N2/c1-2-8-22-20-25(15-12-21(22)7-1)33-30-11-4-3-9-27(30)28-17-13-23-19-24(14-16-26(23)31(28)33)29-10-5-6-18-32-29/h1-20H. The van der Waals surface area contributed by atoms with E-state index in [0.717, 1.165) is 11.3 Å². The topological polar surface area (TPSA) is 17.8 Å². The second-order valence-corrected chi connectivity index (χ2v) is 8.50. The fourth-order valence-corrected chi connectivity index (χ4v) is 5.07. The van der Waals surface area contributed by atoms with Crippen molar-refractivity contribution in [2.24, 2.45) is 0 Å². The summed E-state index contributed by atoms with van der Waals surface area (Å²) >= 11 is 0. The van der Waals surface area contributed by atoms with Gasteiger partial charge in [0.15, 0.2) is 0 Å². The number of nitrogens with zero attached hydrogens (tertiary/aromatic N) is 2. The lowest BCUT2D eigenvalue weighted by atomic mass is 10.0. The number of pyridine rings is 1. The number of benzene rings is 5. The third kappa shape index (κ3) is 2.78. The van der Waals surface area contributed by atoms with Crippen LogP contribution in [0, 0.1) is 0 Å². The second-order valence-electron chi connectivity index (χ2n) is 8.50. The molecule has 33 heavy (non-hydrogen) atoms. The number of aromatic nitrogens is 2. The highest BCUT2D eigenvalue weighted by Crippen LogP contribution is 2.38. The predicted octanol–water partition coefficient (Wildman–Crippen LogP) is 8.15. The fourth-order valence-electron chi connectivity index (χ4n) is 5.07. The third-order valence-electron chi connectivity index (χ3n) is 6.60. The third-order valence-corrected chi connectivity index (χ3v) is 6.60. The lowest BCUT2D eigenvalue weighted by Crippen LogP contribution is -1.94. The Morgan fingerprint density at radius 1 is 0.515 bits per heavy atom. The number of fused-ring (bicyclic) bond motifs is 6. The molecule has 0 atom stereocenters. The van der Waals surface area contributed by atoms with Crippen LogP contribution in [0.5, 0.6) is 0 Å². The highest BCUT2D eigenvalue weighted by atomic mass is 15.0. The van der Waals surface area contributed by atoms with Crippen molar-refractivity contribution in [1.82, 2.24) is 9.55 Å². The molecule has 0 aliphatic heterocycles. The van der Waals surface area contributed by atoms with E-state index in [2.05, 4.69) is 113 Å². The average molecular weight is 421 g/mol. The minimum atomic E-state index is 0.995. The fraction of sp³-hybridized carbons (Fsp3) is 0. The van der Waals surface area contributed by atoms with Gasteiger partial charge in [0.05, 0.1) is 16.7 Å². The Hall–Kier alpha value is -4.43. The molecule has 0 aliphatic rings. The first kappa shape index (κ1) is 18.2. The van der Waals surface area contributed by atoms with Crippen molar-refractivity contribution >= 4 is 43.4 Å². The van der Waals surface area contributed by atoms with Crippen molar-refractivity contribution in [2.45, 2.75) is 0 Å². The minimum Gasteiger partial charge on any atom is -0.309 e. The molecular formula is C31H20N2. The molecule has 2 nitrogen and oxygen atoms in total. The molecule has 2 heteroatoms. The zero-order valence-corrected chi connectivity index (χ0v) is 17.9. The van der Waals surface area contributed by atoms with Crippen LogP contribution in [0.25, 0.3) is 60.3 Å². The van der Waals surface area contributed by atoms with Crippen molar-refractivity contribution in [3.8, 4) is 16.9 Å². The summed E-state index contributed by atoms with van der Waals surface area (Å²) in [7, 11) is 0. The van der Waals surface area contributed by atoms with Crippen LogP contribution in [0.1, 0.15) is 0 Å². The maximum atomic E-state index is 4.54. The molecule has 0 saturated carbocycles. The SMILES string of the molecule is c1ccc(-c2ccc3c(ccc4c5ccccc5n(-c5ccc6ccccc6c5)c34)c2)nc1. The highest BCUT2D eigenvalue weighted by Gasteiger charge is 2.15. The molecule has 0 saturated heterocycles. The Balaban J connectivity index is 1.58. The molecule has 0 aliphatic carbocycles. The summed E-state index contributed by atoms with van der Waals surface area (Å²) in [5.41, 5.74) is 5.78. The molecule has 0 spiro atoms. The molecular weight excluding hydrogens is 400 g/mol. The van der Waals surface area contributed by atoms with E-state index >= 15 is 0 Å². The smallest absolute Gasteiger partial charge is 0.0702 e. The first-order valence-corrected chi connectivity index (χ1v) is 11.2. The Morgan fingerprint density at radius 3 is 2.21 bits per heavy atom. The van der Waals surface area contributed by atoms with E-state index in [1.165, 1.54) is 49.0 Å². The summed E-state index contributed by atoms with van der Waals surface area (Å²) in [6.07, 6.45) is 1.85. The molecule has 7 rings (SSSR count). The molecule has 0 radical (unpaired) electrons. The van der Waals surface area contributed by atoms with E-state index in [0.29, 0.717) is 0 Å². The number of rotatable bonds is 2. The van der Waals surface area contributed by atoms with E-state index < -0.39 is 0 Å². The molecule has 0 amide bonds. The normalized spacial score (nSPS) is 11.6. The maximum Gasteiger partial charge on any atom is 0.0702 e. The van der Waals surface area contributed by atoms with Crippen LogP contribution in [-0.4, -0.2) is 9.55 Å². The Morgan fingerprint density at radius 2 is 1.30 bits per heavy atom. The van der Waals surface area contributed by atoms with E-state index in [1.54, 1.807) is 0 Å². The van der Waals surface area contributed by atoms with Gasteiger partial charge in [-0.1, -0.05) is 78.9 Å². The Bertz CT molecular complexity index is 1810. The summed E-state index contributed by atoms with van der Waals surface area (Å²) in [4.78, 5) is 4.54. The van der Waals surface area contributed by atoms with E-state index in [4.69, 9.17) is 0 Å². The summed E-state index contributed by atoms with van der Waals surface area (Å²) in [5.74, 6) is 0. The minimum absolute atomic E-state index is 0.995. The summed E-state index contributed by atoms with van der Waals surface area (Å²) < 4.78 is 2.42. The molecule has 5 aromatic carbocycles. The quantitative estimate of drug-likeness (QED) is 0.276. The van der Waals surface area contributed by atoms with E-state index in [-0.39, 0.29) is 0 Å². The van der Waals surface area contributed by atoms with E-state index in [9.17, 15) is 0 Å². The van der Waals surface area contributed by atoms with Gasteiger partial charge < -0.3 is 4.57 Å². The van der Waals surface area contributed by atoms with Gasteiger partial charge >= 0.3 is 0 Å². The van der Waals surface area contributed by atoms with Crippen LogP contribution in [-0.2, 0) is 0 Å². The molecule has 0 bridgehead atoms. The van der Waals surface area contributed by atoms with Crippen LogP contribution >= 0.6 is 0 Å². The lowest BCUT2D eigenvalue weighted by molar-refractivity contribution is 1.19. The van der Waals surface area contributed by atoms with Crippen molar-refractivity contribution in [3.05, 3.63) is 121 Å². The van der Waals surface area contributed by atoms with Crippen LogP contribution in [0.3, 0.4) is 0 Å². The highest BCUT2D eigenvalue weighted by molar-refractivity contribution is 6.19. The summed E-state index contributed by atoms with van der Waals surface area (Å²) in [6.45, 7) is 0. The monoisotopic (exact) mass is 420 g/mol. The molecule has 154 valence electrons. The van der Waals surface area contributed by atoms with Gasteiger partial charge in [-0.05, 0) is 52.6 Å². The predicted molar refractivity (Wildman–Crippen MR) is 139 cm³/mol. The molecule has 0 N–H and O–H groups in total. The van der Waals surface area contributed by atoms with Gasteiger partial charge in [-0.15, -0.1) is 0 Å². The van der Waals surface area contributed by atoms with E-state index in [1.807, 2.05) is 18.3 Å². The van der Waals surface area contributed by atoms with Gasteiger partial charge in [-0.3, -0.25) is 4.98 Å². The maximum absolute atomic E-state index is 4.54. The average Bonchev–Trinajstić information content (AvgIpc) is 3.23. The second kappa shape index (κ2) is 7.04. The summed E-state index contributed by atoms with van der Waals surface area (Å²) in [6, 6.07) is 41.2. The van der Waals surface area contributed by atoms with Crippen LogP contribution < -0.4 is 0 Å². The summed E-state index contributed by atoms with van der Waals surface area (Å²) in [5, 5.41) is 7.52. The van der Waals surface area contributed by atoms with Crippen LogP contribution in [0.15, 0.2) is 121 Å². The zero-order chi connectivity index (χ0) is 21.8. The van der Waals surface area contributed by atoms with Crippen LogP contribution in [0.2, 0.25) is 0 Å². The van der Waals surface area contributed by atoms with Gasteiger partial charge in [0.25, 0.3) is 0 Å². The molecule has 0 unspecified atom stereocenters. The number of hydrogen-bond donors (Lipinski definition) is 0. The first-order chi connectivity index (χ1) is 16.4. The van der Waals surface area contributed by atoms with Crippen molar-refractivity contribution in [1.29, 1.82) is 0 Å². The van der Waals surface area contributed by atoms with Gasteiger partial charge in [-0.25, -0.2) is 0 Å². The van der Waals surface area contributed by atoms with Gasteiger partial charge in [0.1, 0.15) is 0 Å². The van der Waals surface area contributed by atoms with Gasteiger partial charge in [-0.2, -0.15) is 0 Å². The molecule has 2 aromatic heterocycles. The van der Waals surface area contributed by atoms with Crippen molar-refractivity contribution in [2.75, 3.05) is 0 Å². The van der Waals surface area contributed by atoms with Crippen molar-refractivity contribution < 1.29 is 0 Å². The number of hydrogen-bond acceptors (Lipinski definition) is 1. The zero-order valence-electron chi connectivity index (χ0n) is 17.9. The largest absolute Gasteiger partial charge is 0.309 e. The number of para-hydroxylation sites is 1. The van der Waals surface area contributed by atoms with Gasteiger partial charge in [0, 0.05) is 33.6 Å². The Kier molecular flexibility index (Phi) is 3.88. The first-order valence-electron chi connectivity index (χ1n) is 11.2. The Labute approximate surface area is 191 Å². The van der Waals surface area contributed by atoms with Gasteiger partial charge in [0.2, 0.25) is 0 Å². The molecule has 2 heterocycles.